The fraction of sp³-hybridized carbons (Fsp3) is 0.333. The van der Waals surface area contributed by atoms with E-state index in [1.807, 2.05) is 54.3 Å². The molecule has 0 N–H and O–H groups in total. The molecule has 1 fully saturated rings. The molecule has 5 rings (SSSR count). The minimum Gasteiger partial charge on any atom is -0.337 e. The Bertz CT molecular complexity index is 1120. The molecule has 2 aliphatic rings. The quantitative estimate of drug-likeness (QED) is 0.673. The molecule has 2 aliphatic heterocycles. The summed E-state index contributed by atoms with van der Waals surface area (Å²) in [4.78, 5) is 29.7. The van der Waals surface area contributed by atoms with Gasteiger partial charge in [0.25, 0.3) is 11.5 Å². The fourth-order valence-electron chi connectivity index (χ4n) is 4.37. The molecule has 7 heteroatoms. The Labute approximate surface area is 166 Å². The first-order valence-corrected chi connectivity index (χ1v) is 10.3. The Morgan fingerprint density at radius 1 is 1.07 bits per heavy atom. The number of aromatic nitrogens is 3. The molecule has 2 aromatic heterocycles. The van der Waals surface area contributed by atoms with Crippen molar-refractivity contribution in [3.8, 4) is 11.3 Å². The van der Waals surface area contributed by atoms with Crippen LogP contribution in [0.15, 0.2) is 47.3 Å². The van der Waals surface area contributed by atoms with Crippen molar-refractivity contribution in [1.29, 1.82) is 0 Å². The van der Waals surface area contributed by atoms with Gasteiger partial charge in [-0.15, -0.1) is 21.5 Å². The van der Waals surface area contributed by atoms with Crippen LogP contribution in [0.5, 0.6) is 0 Å². The zero-order chi connectivity index (χ0) is 19.3. The molecule has 0 aliphatic carbocycles. The summed E-state index contributed by atoms with van der Waals surface area (Å²) in [6.07, 6.45) is 1.64. The molecule has 0 radical (unpaired) electrons. The van der Waals surface area contributed by atoms with Crippen LogP contribution in [0.25, 0.3) is 11.3 Å². The van der Waals surface area contributed by atoms with Gasteiger partial charge in [-0.3, -0.25) is 14.2 Å². The standard InChI is InChI=1S/C21H20N4O2S/c1-14-7-8-16(28-14)18(26)24-11-9-21(13-24)10-12-25-19(27)17(22-23-20(21)25)15-5-3-2-4-6-15/h2-8H,9-13H2,1H3/t21-/m0/s1. The lowest BCUT2D eigenvalue weighted by atomic mass is 9.85. The summed E-state index contributed by atoms with van der Waals surface area (Å²) in [6.45, 7) is 3.92. The Morgan fingerprint density at radius 3 is 2.61 bits per heavy atom. The second-order valence-electron chi connectivity index (χ2n) is 7.61. The molecule has 1 saturated heterocycles. The van der Waals surface area contributed by atoms with E-state index in [4.69, 9.17) is 0 Å². The van der Waals surface area contributed by atoms with Crippen molar-refractivity contribution in [2.24, 2.45) is 0 Å². The van der Waals surface area contributed by atoms with Crippen LogP contribution in [0, 0.1) is 6.92 Å². The normalized spacial score (nSPS) is 20.7. The zero-order valence-corrected chi connectivity index (χ0v) is 16.4. The molecule has 1 atom stereocenters. The lowest BCUT2D eigenvalue weighted by Crippen LogP contribution is -2.35. The van der Waals surface area contributed by atoms with Crippen LogP contribution in [-0.4, -0.2) is 38.7 Å². The smallest absolute Gasteiger partial charge is 0.280 e. The van der Waals surface area contributed by atoms with E-state index in [1.165, 1.54) is 11.3 Å². The van der Waals surface area contributed by atoms with Crippen molar-refractivity contribution < 1.29 is 4.79 Å². The molecule has 1 amide bonds. The minimum absolute atomic E-state index is 0.0737. The van der Waals surface area contributed by atoms with Gasteiger partial charge >= 0.3 is 0 Å². The van der Waals surface area contributed by atoms with Gasteiger partial charge in [-0.2, -0.15) is 0 Å². The molecule has 0 unspecified atom stereocenters. The highest BCUT2D eigenvalue weighted by Crippen LogP contribution is 2.41. The fourth-order valence-corrected chi connectivity index (χ4v) is 5.21. The first-order valence-electron chi connectivity index (χ1n) is 9.47. The van der Waals surface area contributed by atoms with E-state index in [1.54, 1.807) is 4.57 Å². The van der Waals surface area contributed by atoms with E-state index in [0.29, 0.717) is 25.3 Å². The average Bonchev–Trinajstić information content (AvgIpc) is 3.43. The predicted octanol–water partition coefficient (Wildman–Crippen LogP) is 2.86. The molecule has 28 heavy (non-hydrogen) atoms. The van der Waals surface area contributed by atoms with Gasteiger partial charge in [0.15, 0.2) is 5.69 Å². The number of fused-ring (bicyclic) bond motifs is 2. The van der Waals surface area contributed by atoms with E-state index in [-0.39, 0.29) is 16.9 Å². The Balaban J connectivity index is 1.46. The highest BCUT2D eigenvalue weighted by Gasteiger charge is 2.48. The molecule has 4 heterocycles. The lowest BCUT2D eigenvalue weighted by molar-refractivity contribution is 0.0787. The van der Waals surface area contributed by atoms with Crippen LogP contribution in [0.4, 0.5) is 0 Å². The number of amides is 1. The molecule has 142 valence electrons. The Morgan fingerprint density at radius 2 is 1.86 bits per heavy atom. The highest BCUT2D eigenvalue weighted by atomic mass is 32.1. The van der Waals surface area contributed by atoms with E-state index < -0.39 is 0 Å². The number of benzene rings is 1. The maximum atomic E-state index is 13.0. The predicted molar refractivity (Wildman–Crippen MR) is 108 cm³/mol. The van der Waals surface area contributed by atoms with Crippen LogP contribution in [-0.2, 0) is 12.0 Å². The summed E-state index contributed by atoms with van der Waals surface area (Å²) < 4.78 is 1.76. The second kappa shape index (κ2) is 6.38. The molecule has 6 nitrogen and oxygen atoms in total. The summed E-state index contributed by atoms with van der Waals surface area (Å²) >= 11 is 1.53. The SMILES string of the molecule is Cc1ccc(C(=O)N2CC[C@]3(CCn4c3nnc(-c3ccccc3)c4=O)C2)s1. The summed E-state index contributed by atoms with van der Waals surface area (Å²) in [6, 6.07) is 13.3. The number of carbonyl (C=O) groups is 1. The van der Waals surface area contributed by atoms with Crippen LogP contribution in [0.2, 0.25) is 0 Å². The highest BCUT2D eigenvalue weighted by molar-refractivity contribution is 7.13. The number of aryl methyl sites for hydroxylation is 1. The van der Waals surface area contributed by atoms with Gasteiger partial charge in [-0.05, 0) is 31.9 Å². The lowest BCUT2D eigenvalue weighted by Gasteiger charge is -2.22. The number of nitrogens with zero attached hydrogens (tertiary/aromatic N) is 4. The van der Waals surface area contributed by atoms with Crippen molar-refractivity contribution in [1.82, 2.24) is 19.7 Å². The van der Waals surface area contributed by atoms with Crippen molar-refractivity contribution in [2.45, 2.75) is 31.7 Å². The third kappa shape index (κ3) is 2.61. The van der Waals surface area contributed by atoms with Gasteiger partial charge in [-0.1, -0.05) is 30.3 Å². The third-order valence-electron chi connectivity index (χ3n) is 5.88. The van der Waals surface area contributed by atoms with Crippen LogP contribution >= 0.6 is 11.3 Å². The number of carbonyl (C=O) groups excluding carboxylic acids is 1. The minimum atomic E-state index is -0.261. The molecule has 0 bridgehead atoms. The van der Waals surface area contributed by atoms with Gasteiger partial charge in [-0.25, -0.2) is 0 Å². The van der Waals surface area contributed by atoms with E-state index in [9.17, 15) is 9.59 Å². The first-order chi connectivity index (χ1) is 13.6. The van der Waals surface area contributed by atoms with Gasteiger partial charge < -0.3 is 4.90 Å². The third-order valence-corrected chi connectivity index (χ3v) is 6.86. The maximum Gasteiger partial charge on any atom is 0.280 e. The van der Waals surface area contributed by atoms with E-state index in [0.717, 1.165) is 34.0 Å². The Hall–Kier alpha value is -2.80. The topological polar surface area (TPSA) is 68.1 Å². The van der Waals surface area contributed by atoms with Crippen molar-refractivity contribution >= 4 is 17.2 Å². The molecule has 1 spiro atoms. The molecule has 0 saturated carbocycles. The van der Waals surface area contributed by atoms with Crippen LogP contribution in [0.3, 0.4) is 0 Å². The maximum absolute atomic E-state index is 13.0. The van der Waals surface area contributed by atoms with Crippen molar-refractivity contribution in [2.75, 3.05) is 13.1 Å². The van der Waals surface area contributed by atoms with Crippen LogP contribution in [0.1, 0.15) is 33.2 Å². The van der Waals surface area contributed by atoms with Gasteiger partial charge in [0.2, 0.25) is 0 Å². The number of hydrogen-bond acceptors (Lipinski definition) is 5. The molecular formula is C21H20N4O2S. The number of thiophene rings is 1. The zero-order valence-electron chi connectivity index (χ0n) is 15.6. The largest absolute Gasteiger partial charge is 0.337 e. The monoisotopic (exact) mass is 392 g/mol. The number of rotatable bonds is 2. The summed E-state index contributed by atoms with van der Waals surface area (Å²) in [7, 11) is 0. The number of hydrogen-bond donors (Lipinski definition) is 0. The van der Waals surface area contributed by atoms with Gasteiger partial charge in [0, 0.05) is 30.1 Å². The van der Waals surface area contributed by atoms with Gasteiger partial charge in [0.05, 0.1) is 10.3 Å². The van der Waals surface area contributed by atoms with E-state index >= 15 is 0 Å². The van der Waals surface area contributed by atoms with Crippen molar-refractivity contribution in [3.05, 3.63) is 68.4 Å². The summed E-state index contributed by atoms with van der Waals surface area (Å²) in [5.41, 5.74) is 0.823. The summed E-state index contributed by atoms with van der Waals surface area (Å²) in [5, 5.41) is 8.77. The second-order valence-corrected chi connectivity index (χ2v) is 8.90. The van der Waals surface area contributed by atoms with Gasteiger partial charge in [0.1, 0.15) is 5.82 Å². The molecule has 3 aromatic rings. The number of likely N-dealkylation sites (tertiary alicyclic amines) is 1. The van der Waals surface area contributed by atoms with Crippen molar-refractivity contribution in [3.63, 3.8) is 0 Å². The van der Waals surface area contributed by atoms with Crippen LogP contribution < -0.4 is 5.56 Å². The molecule has 1 aromatic carbocycles. The Kier molecular flexibility index (Phi) is 3.94. The summed E-state index contributed by atoms with van der Waals surface area (Å²) in [5.74, 6) is 0.805. The van der Waals surface area contributed by atoms with E-state index in [2.05, 4.69) is 10.2 Å². The average molecular weight is 392 g/mol. The molecular weight excluding hydrogens is 372 g/mol. The first kappa shape index (κ1) is 17.3.